The van der Waals surface area contributed by atoms with Gasteiger partial charge in [0, 0.05) is 13.1 Å². The van der Waals surface area contributed by atoms with E-state index in [4.69, 9.17) is 4.42 Å². The maximum absolute atomic E-state index is 12.8. The number of rotatable bonds is 4. The topological polar surface area (TPSA) is 64.7 Å². The summed E-state index contributed by atoms with van der Waals surface area (Å²) in [7, 11) is 0. The maximum Gasteiger partial charge on any atom is 0.573 e. The van der Waals surface area contributed by atoms with Crippen LogP contribution in [0.4, 0.5) is 13.2 Å². The van der Waals surface area contributed by atoms with E-state index in [0.29, 0.717) is 35.3 Å². The molecule has 0 spiro atoms. The number of halogens is 3. The minimum absolute atomic E-state index is 0.142. The SMILES string of the molecule is CC(C(=O)N1CCCC1)n1c(=O)oc2ccc(-c3ccc(OC(F)(F)F)cc3)cc21. The van der Waals surface area contributed by atoms with Crippen LogP contribution in [-0.2, 0) is 4.79 Å². The van der Waals surface area contributed by atoms with Gasteiger partial charge in [-0.25, -0.2) is 4.79 Å². The van der Waals surface area contributed by atoms with Crippen molar-refractivity contribution < 1.29 is 27.1 Å². The Balaban J connectivity index is 1.68. The minimum Gasteiger partial charge on any atom is -0.408 e. The summed E-state index contributed by atoms with van der Waals surface area (Å²) < 4.78 is 47.5. The second-order valence-corrected chi connectivity index (χ2v) is 7.20. The zero-order chi connectivity index (χ0) is 21.5. The molecule has 1 saturated heterocycles. The molecule has 9 heteroatoms. The molecule has 2 heterocycles. The Bertz CT molecular complexity index is 1130. The van der Waals surface area contributed by atoms with Crippen molar-refractivity contribution in [1.82, 2.24) is 9.47 Å². The van der Waals surface area contributed by atoms with E-state index in [2.05, 4.69) is 4.74 Å². The van der Waals surface area contributed by atoms with Crippen LogP contribution in [0.3, 0.4) is 0 Å². The van der Waals surface area contributed by atoms with Crippen LogP contribution in [-0.4, -0.2) is 34.8 Å². The number of oxazole rings is 1. The van der Waals surface area contributed by atoms with Crippen LogP contribution in [0.15, 0.2) is 51.7 Å². The molecule has 6 nitrogen and oxygen atoms in total. The Labute approximate surface area is 169 Å². The summed E-state index contributed by atoms with van der Waals surface area (Å²) in [5.41, 5.74) is 2.08. The number of benzene rings is 2. The van der Waals surface area contributed by atoms with E-state index in [9.17, 15) is 22.8 Å². The van der Waals surface area contributed by atoms with E-state index in [1.54, 1.807) is 30.0 Å². The zero-order valence-corrected chi connectivity index (χ0v) is 16.1. The molecule has 158 valence electrons. The Morgan fingerprint density at radius 2 is 1.70 bits per heavy atom. The first-order valence-electron chi connectivity index (χ1n) is 9.53. The summed E-state index contributed by atoms with van der Waals surface area (Å²) in [6.45, 7) is 3.00. The van der Waals surface area contributed by atoms with Crippen LogP contribution in [0.25, 0.3) is 22.2 Å². The molecular formula is C21H19F3N2O4. The highest BCUT2D eigenvalue weighted by atomic mass is 19.4. The van der Waals surface area contributed by atoms with Crippen LogP contribution >= 0.6 is 0 Å². The minimum atomic E-state index is -4.76. The molecule has 4 rings (SSSR count). The van der Waals surface area contributed by atoms with Gasteiger partial charge in [0.1, 0.15) is 11.8 Å². The van der Waals surface area contributed by atoms with Crippen molar-refractivity contribution >= 4 is 17.0 Å². The molecule has 0 radical (unpaired) electrons. The van der Waals surface area contributed by atoms with Crippen molar-refractivity contribution in [3.8, 4) is 16.9 Å². The van der Waals surface area contributed by atoms with Crippen molar-refractivity contribution in [3.63, 3.8) is 0 Å². The summed E-state index contributed by atoms with van der Waals surface area (Å²) in [4.78, 5) is 26.9. The molecule has 1 fully saturated rings. The molecule has 1 aliphatic heterocycles. The molecule has 1 unspecified atom stereocenters. The van der Waals surface area contributed by atoms with E-state index in [1.807, 2.05) is 0 Å². The smallest absolute Gasteiger partial charge is 0.408 e. The van der Waals surface area contributed by atoms with Crippen molar-refractivity contribution in [2.45, 2.75) is 32.2 Å². The number of nitrogens with zero attached hydrogens (tertiary/aromatic N) is 2. The number of alkyl halides is 3. The monoisotopic (exact) mass is 420 g/mol. The average molecular weight is 420 g/mol. The predicted octanol–water partition coefficient (Wildman–Crippen LogP) is 4.34. The van der Waals surface area contributed by atoms with Gasteiger partial charge in [0.15, 0.2) is 5.58 Å². The van der Waals surface area contributed by atoms with Gasteiger partial charge >= 0.3 is 12.1 Å². The standard InChI is InChI=1S/C21H19F3N2O4/c1-13(19(27)25-10-2-3-11-25)26-17-12-15(6-9-18(17)29-20(26)28)14-4-7-16(8-5-14)30-21(22,23)24/h4-9,12-13H,2-3,10-11H2,1H3. The normalized spacial score (nSPS) is 15.5. The maximum atomic E-state index is 12.8. The number of amides is 1. The van der Waals surface area contributed by atoms with Gasteiger partial charge in [0.05, 0.1) is 5.52 Å². The number of hydrogen-bond acceptors (Lipinski definition) is 4. The third-order valence-corrected chi connectivity index (χ3v) is 5.20. The summed E-state index contributed by atoms with van der Waals surface area (Å²) in [5, 5.41) is 0. The lowest BCUT2D eigenvalue weighted by Gasteiger charge is -2.20. The number of carbonyl (C=O) groups is 1. The first kappa shape index (κ1) is 20.1. The van der Waals surface area contributed by atoms with Crippen LogP contribution in [0.2, 0.25) is 0 Å². The molecule has 1 atom stereocenters. The van der Waals surface area contributed by atoms with Crippen molar-refractivity contribution in [1.29, 1.82) is 0 Å². The average Bonchev–Trinajstić information content (AvgIpc) is 3.33. The highest BCUT2D eigenvalue weighted by Gasteiger charge is 2.31. The quantitative estimate of drug-likeness (QED) is 0.630. The summed E-state index contributed by atoms with van der Waals surface area (Å²) >= 11 is 0. The Hall–Kier alpha value is -3.23. The lowest BCUT2D eigenvalue weighted by atomic mass is 10.0. The second-order valence-electron chi connectivity index (χ2n) is 7.20. The van der Waals surface area contributed by atoms with Crippen LogP contribution in [0, 0.1) is 0 Å². The number of hydrogen-bond donors (Lipinski definition) is 0. The third-order valence-electron chi connectivity index (χ3n) is 5.20. The van der Waals surface area contributed by atoms with Gasteiger partial charge in [-0.2, -0.15) is 0 Å². The van der Waals surface area contributed by atoms with Gasteiger partial charge in [0.2, 0.25) is 5.91 Å². The fourth-order valence-electron chi connectivity index (χ4n) is 3.74. The molecular weight excluding hydrogens is 401 g/mol. The van der Waals surface area contributed by atoms with Crippen LogP contribution in [0.1, 0.15) is 25.8 Å². The predicted molar refractivity (Wildman–Crippen MR) is 103 cm³/mol. The first-order valence-corrected chi connectivity index (χ1v) is 9.53. The number of likely N-dealkylation sites (tertiary alicyclic amines) is 1. The van der Waals surface area contributed by atoms with Crippen LogP contribution < -0.4 is 10.5 Å². The van der Waals surface area contributed by atoms with E-state index in [0.717, 1.165) is 12.8 Å². The molecule has 0 saturated carbocycles. The highest BCUT2D eigenvalue weighted by molar-refractivity contribution is 5.85. The number of ether oxygens (including phenoxy) is 1. The van der Waals surface area contributed by atoms with Gasteiger partial charge in [-0.05, 0) is 55.2 Å². The Morgan fingerprint density at radius 3 is 2.33 bits per heavy atom. The Kier molecular flexibility index (Phi) is 5.05. The first-order chi connectivity index (χ1) is 14.2. The van der Waals surface area contributed by atoms with Gasteiger partial charge in [-0.3, -0.25) is 9.36 Å². The lowest BCUT2D eigenvalue weighted by molar-refractivity contribution is -0.274. The third kappa shape index (κ3) is 3.92. The molecule has 30 heavy (non-hydrogen) atoms. The van der Waals surface area contributed by atoms with Gasteiger partial charge in [-0.1, -0.05) is 18.2 Å². The largest absolute Gasteiger partial charge is 0.573 e. The van der Waals surface area contributed by atoms with Crippen molar-refractivity contribution in [2.24, 2.45) is 0 Å². The summed E-state index contributed by atoms with van der Waals surface area (Å²) in [6, 6.07) is 9.68. The van der Waals surface area contributed by atoms with E-state index in [-0.39, 0.29) is 11.7 Å². The molecule has 1 amide bonds. The molecule has 2 aromatic carbocycles. The molecule has 3 aromatic rings. The van der Waals surface area contributed by atoms with E-state index >= 15 is 0 Å². The van der Waals surface area contributed by atoms with Gasteiger partial charge < -0.3 is 14.1 Å². The van der Waals surface area contributed by atoms with E-state index in [1.165, 1.54) is 28.8 Å². The highest BCUT2D eigenvalue weighted by Crippen LogP contribution is 2.29. The fourth-order valence-corrected chi connectivity index (χ4v) is 3.74. The van der Waals surface area contributed by atoms with Crippen molar-refractivity contribution in [3.05, 3.63) is 53.0 Å². The summed E-state index contributed by atoms with van der Waals surface area (Å²) in [5.74, 6) is -1.09. The van der Waals surface area contributed by atoms with E-state index < -0.39 is 18.2 Å². The van der Waals surface area contributed by atoms with Crippen LogP contribution in [0.5, 0.6) is 5.75 Å². The zero-order valence-electron chi connectivity index (χ0n) is 16.1. The molecule has 1 aliphatic rings. The summed E-state index contributed by atoms with van der Waals surface area (Å²) in [6.07, 6.45) is -2.87. The Morgan fingerprint density at radius 1 is 1.07 bits per heavy atom. The molecule has 0 bridgehead atoms. The number of aromatic nitrogens is 1. The van der Waals surface area contributed by atoms with Crippen molar-refractivity contribution in [2.75, 3.05) is 13.1 Å². The molecule has 0 N–H and O–H groups in total. The van der Waals surface area contributed by atoms with Gasteiger partial charge in [-0.15, -0.1) is 13.2 Å². The number of carbonyl (C=O) groups excluding carboxylic acids is 1. The van der Waals surface area contributed by atoms with Gasteiger partial charge in [0.25, 0.3) is 0 Å². The molecule has 0 aliphatic carbocycles. The molecule has 1 aromatic heterocycles. The number of fused-ring (bicyclic) bond motifs is 1. The fraction of sp³-hybridized carbons (Fsp3) is 0.333. The second kappa shape index (κ2) is 7.55. The lowest BCUT2D eigenvalue weighted by Crippen LogP contribution is -2.36.